The first kappa shape index (κ1) is 25.5. The van der Waals surface area contributed by atoms with Crippen molar-refractivity contribution in [2.24, 2.45) is 5.16 Å². The minimum absolute atomic E-state index is 0.0571. The maximum Gasteiger partial charge on any atom is 0.226 e. The van der Waals surface area contributed by atoms with Crippen LogP contribution in [0.5, 0.6) is 5.75 Å². The van der Waals surface area contributed by atoms with E-state index in [1.807, 2.05) is 6.07 Å². The quantitative estimate of drug-likeness (QED) is 0.456. The minimum atomic E-state index is -0.832. The summed E-state index contributed by atoms with van der Waals surface area (Å²) in [5.74, 6) is 0.564. The zero-order valence-electron chi connectivity index (χ0n) is 21.0. The topological polar surface area (TPSA) is 122 Å². The van der Waals surface area contributed by atoms with Crippen molar-refractivity contribution in [2.45, 2.75) is 37.4 Å². The zero-order valence-corrected chi connectivity index (χ0v) is 21.0. The molecule has 0 saturated carbocycles. The van der Waals surface area contributed by atoms with Crippen LogP contribution in [0.1, 0.15) is 42.2 Å². The highest BCUT2D eigenvalue weighted by molar-refractivity contribution is 6.04. The van der Waals surface area contributed by atoms with Gasteiger partial charge in [-0.1, -0.05) is 17.3 Å². The number of anilines is 1. The van der Waals surface area contributed by atoms with E-state index in [0.29, 0.717) is 66.5 Å². The Morgan fingerprint density at radius 1 is 1.24 bits per heavy atom. The number of pyridine rings is 1. The number of carbonyl (C=O) groups is 1. The molecule has 2 N–H and O–H groups in total. The van der Waals surface area contributed by atoms with Crippen LogP contribution in [0.25, 0.3) is 0 Å². The van der Waals surface area contributed by atoms with Crippen LogP contribution >= 0.6 is 0 Å². The van der Waals surface area contributed by atoms with Crippen molar-refractivity contribution in [2.75, 3.05) is 31.6 Å². The van der Waals surface area contributed by atoms with Crippen LogP contribution in [0.15, 0.2) is 60.0 Å². The number of hydrogen-bond donors (Lipinski definition) is 2. The van der Waals surface area contributed by atoms with Crippen molar-refractivity contribution >= 4 is 17.4 Å². The number of piperidine rings is 1. The van der Waals surface area contributed by atoms with E-state index >= 15 is 0 Å². The van der Waals surface area contributed by atoms with Gasteiger partial charge in [-0.25, -0.2) is 4.39 Å². The number of amides is 1. The van der Waals surface area contributed by atoms with Gasteiger partial charge >= 0.3 is 0 Å². The number of nitrogens with one attached hydrogen (secondary N) is 1. The predicted molar refractivity (Wildman–Crippen MR) is 137 cm³/mol. The lowest BCUT2D eigenvalue weighted by atomic mass is 9.82. The molecule has 4 heterocycles. The molecule has 5 rings (SSSR count). The highest BCUT2D eigenvalue weighted by Crippen LogP contribution is 2.41. The second-order valence-corrected chi connectivity index (χ2v) is 9.45. The second kappa shape index (κ2) is 11.1. The van der Waals surface area contributed by atoms with Gasteiger partial charge in [-0.2, -0.15) is 5.10 Å². The molecule has 2 aromatic heterocycles. The smallest absolute Gasteiger partial charge is 0.226 e. The number of aromatic nitrogens is 3. The van der Waals surface area contributed by atoms with Gasteiger partial charge in [-0.05, 0) is 30.3 Å². The zero-order chi connectivity index (χ0) is 26.5. The number of ether oxygens (including phenoxy) is 1. The van der Waals surface area contributed by atoms with Gasteiger partial charge in [-0.15, -0.1) is 5.10 Å². The number of halogens is 1. The van der Waals surface area contributed by atoms with E-state index in [1.165, 1.54) is 13.2 Å². The third-order valence-electron chi connectivity index (χ3n) is 6.89. The number of nitrogens with zero attached hydrogens (tertiary/aromatic N) is 5. The Morgan fingerprint density at radius 3 is 2.79 bits per heavy atom. The van der Waals surface area contributed by atoms with Crippen LogP contribution in [0.3, 0.4) is 0 Å². The van der Waals surface area contributed by atoms with Gasteiger partial charge in [-0.3, -0.25) is 9.78 Å². The molecule has 11 heteroatoms. The monoisotopic (exact) mass is 520 g/mol. The fourth-order valence-electron chi connectivity index (χ4n) is 4.89. The molecular formula is C27H29FN6O4. The van der Waals surface area contributed by atoms with Gasteiger partial charge in [0.15, 0.2) is 5.82 Å². The molecular weight excluding hydrogens is 491 g/mol. The Labute approximate surface area is 219 Å². The van der Waals surface area contributed by atoms with Crippen LogP contribution in [0.2, 0.25) is 0 Å². The molecule has 1 atom stereocenters. The molecule has 1 unspecified atom stereocenters. The summed E-state index contributed by atoms with van der Waals surface area (Å²) in [6.07, 6.45) is 4.25. The van der Waals surface area contributed by atoms with E-state index in [1.54, 1.807) is 42.7 Å². The summed E-state index contributed by atoms with van der Waals surface area (Å²) in [6, 6.07) is 11.9. The van der Waals surface area contributed by atoms with E-state index in [0.717, 1.165) is 0 Å². The number of benzene rings is 1. The summed E-state index contributed by atoms with van der Waals surface area (Å²) in [4.78, 5) is 23.4. The number of carbonyl (C=O) groups excluding carboxylic acids is 1. The summed E-state index contributed by atoms with van der Waals surface area (Å²) < 4.78 is 20.8. The summed E-state index contributed by atoms with van der Waals surface area (Å²) in [5, 5.41) is 25.5. The van der Waals surface area contributed by atoms with Crippen LogP contribution in [0, 0.1) is 5.82 Å². The lowest BCUT2D eigenvalue weighted by Gasteiger charge is -2.44. The number of oxime groups is 1. The Bertz CT molecular complexity index is 1300. The number of rotatable bonds is 7. The second-order valence-electron chi connectivity index (χ2n) is 9.45. The number of hydrogen-bond acceptors (Lipinski definition) is 9. The highest BCUT2D eigenvalue weighted by Gasteiger charge is 2.43. The molecule has 2 aliphatic heterocycles. The van der Waals surface area contributed by atoms with Crippen LogP contribution in [0.4, 0.5) is 10.2 Å². The Hall–Kier alpha value is -4.12. The average molecular weight is 521 g/mol. The largest absolute Gasteiger partial charge is 0.486 e. The number of fused-ring (bicyclic) bond motifs is 1. The SMILES string of the molecule is CON=C1CC2(CCN(c3ccc(CC(=O)NCC(O)c4cccnc4)nn3)CC2)Oc2cccc(F)c21. The van der Waals surface area contributed by atoms with Gasteiger partial charge in [0.25, 0.3) is 0 Å². The molecule has 38 heavy (non-hydrogen) atoms. The molecule has 198 valence electrons. The van der Waals surface area contributed by atoms with Crippen LogP contribution < -0.4 is 15.0 Å². The van der Waals surface area contributed by atoms with Gasteiger partial charge in [0, 0.05) is 56.9 Å². The van der Waals surface area contributed by atoms with E-state index in [4.69, 9.17) is 9.57 Å². The first-order valence-electron chi connectivity index (χ1n) is 12.5. The molecule has 1 amide bonds. The average Bonchev–Trinajstić information content (AvgIpc) is 2.93. The molecule has 3 aromatic rings. The van der Waals surface area contributed by atoms with Crippen molar-refractivity contribution in [3.05, 3.63) is 77.5 Å². The van der Waals surface area contributed by atoms with E-state index in [9.17, 15) is 14.3 Å². The first-order chi connectivity index (χ1) is 18.5. The van der Waals surface area contributed by atoms with Crippen LogP contribution in [-0.2, 0) is 16.1 Å². The molecule has 1 aromatic carbocycles. The van der Waals surface area contributed by atoms with Gasteiger partial charge in [0.2, 0.25) is 5.91 Å². The summed E-state index contributed by atoms with van der Waals surface area (Å²) in [6.45, 7) is 1.43. The maximum atomic E-state index is 14.5. The Kier molecular flexibility index (Phi) is 7.45. The standard InChI is InChI=1S/C27H29FN6O4/c1-37-33-21-15-27(38-23-6-2-5-20(28)26(21)23)9-12-34(13-10-27)24-8-7-19(31-32-24)14-25(36)30-17-22(35)18-4-3-11-29-16-18/h2-8,11,16,22,35H,9-10,12-15,17H2,1H3,(H,30,36). The minimum Gasteiger partial charge on any atom is -0.486 e. The Morgan fingerprint density at radius 2 is 2.08 bits per heavy atom. The van der Waals surface area contributed by atoms with Crippen molar-refractivity contribution in [1.29, 1.82) is 0 Å². The summed E-state index contributed by atoms with van der Waals surface area (Å²) in [5.41, 5.74) is 1.58. The lowest BCUT2D eigenvalue weighted by molar-refractivity contribution is -0.121. The molecule has 0 radical (unpaired) electrons. The molecule has 2 aliphatic rings. The van der Waals surface area contributed by atoms with Gasteiger partial charge < -0.3 is 24.9 Å². The van der Waals surface area contributed by atoms with Crippen molar-refractivity contribution in [3.63, 3.8) is 0 Å². The summed E-state index contributed by atoms with van der Waals surface area (Å²) >= 11 is 0. The number of aliphatic hydroxyl groups excluding tert-OH is 1. The van der Waals surface area contributed by atoms with Crippen molar-refractivity contribution < 1.29 is 23.9 Å². The van der Waals surface area contributed by atoms with E-state index in [-0.39, 0.29) is 24.7 Å². The molecule has 1 spiro atoms. The predicted octanol–water partition coefficient (Wildman–Crippen LogP) is 2.58. The van der Waals surface area contributed by atoms with Gasteiger partial charge in [0.05, 0.1) is 29.5 Å². The van der Waals surface area contributed by atoms with Gasteiger partial charge in [0.1, 0.15) is 24.3 Å². The third-order valence-corrected chi connectivity index (χ3v) is 6.89. The van der Waals surface area contributed by atoms with Crippen LogP contribution in [-0.4, -0.2) is 64.3 Å². The normalized spacial score (nSPS) is 18.0. The number of aliphatic hydroxyl groups is 1. The van der Waals surface area contributed by atoms with Crippen molar-refractivity contribution in [3.8, 4) is 5.75 Å². The lowest BCUT2D eigenvalue weighted by Crippen LogP contribution is -2.51. The fraction of sp³-hybridized carbons (Fsp3) is 0.370. The van der Waals surface area contributed by atoms with Crippen molar-refractivity contribution in [1.82, 2.24) is 20.5 Å². The van der Waals surface area contributed by atoms with E-state index < -0.39 is 11.7 Å². The third kappa shape index (κ3) is 5.57. The first-order valence-corrected chi connectivity index (χ1v) is 12.5. The fourth-order valence-corrected chi connectivity index (χ4v) is 4.89. The molecule has 0 aliphatic carbocycles. The van der Waals surface area contributed by atoms with E-state index in [2.05, 4.69) is 30.6 Å². The highest BCUT2D eigenvalue weighted by atomic mass is 19.1. The molecule has 0 bridgehead atoms. The molecule has 1 saturated heterocycles. The summed E-state index contributed by atoms with van der Waals surface area (Å²) in [7, 11) is 1.45. The Balaban J connectivity index is 1.16. The maximum absolute atomic E-state index is 14.5. The molecule has 10 nitrogen and oxygen atoms in total. The molecule has 1 fully saturated rings.